The standard InChI is InChI=1S/C15H15ClN2O3/c1-10-13(16)8-17-18(10)9-12-7-11(4-6-15(19)20)3-5-14(12)21-2/h3-8H,9H2,1-2H3,(H,19,20). The lowest BCUT2D eigenvalue weighted by Crippen LogP contribution is -2.05. The van der Waals surface area contributed by atoms with Gasteiger partial charge in [-0.25, -0.2) is 4.79 Å². The van der Waals surface area contributed by atoms with Crippen LogP contribution in [-0.4, -0.2) is 28.0 Å². The molecule has 0 aliphatic rings. The minimum absolute atomic E-state index is 0.497. The summed E-state index contributed by atoms with van der Waals surface area (Å²) in [5.41, 5.74) is 2.54. The first-order chi connectivity index (χ1) is 10.0. The van der Waals surface area contributed by atoms with E-state index in [-0.39, 0.29) is 0 Å². The van der Waals surface area contributed by atoms with Gasteiger partial charge in [0, 0.05) is 11.6 Å². The third-order valence-corrected chi connectivity index (χ3v) is 3.46. The summed E-state index contributed by atoms with van der Waals surface area (Å²) in [6.07, 6.45) is 4.23. The first-order valence-electron chi connectivity index (χ1n) is 6.27. The number of benzene rings is 1. The molecule has 0 radical (unpaired) electrons. The lowest BCUT2D eigenvalue weighted by molar-refractivity contribution is -0.131. The lowest BCUT2D eigenvalue weighted by atomic mass is 10.1. The Morgan fingerprint density at radius 3 is 2.86 bits per heavy atom. The number of aromatic nitrogens is 2. The maximum absolute atomic E-state index is 10.6. The molecule has 21 heavy (non-hydrogen) atoms. The van der Waals surface area contributed by atoms with Gasteiger partial charge < -0.3 is 9.84 Å². The van der Waals surface area contributed by atoms with Gasteiger partial charge in [-0.3, -0.25) is 4.68 Å². The Morgan fingerprint density at radius 1 is 1.52 bits per heavy atom. The highest BCUT2D eigenvalue weighted by molar-refractivity contribution is 6.31. The third-order valence-electron chi connectivity index (χ3n) is 3.09. The quantitative estimate of drug-likeness (QED) is 0.863. The number of hydrogen-bond acceptors (Lipinski definition) is 3. The van der Waals surface area contributed by atoms with Crippen molar-refractivity contribution in [2.75, 3.05) is 7.11 Å². The van der Waals surface area contributed by atoms with E-state index in [9.17, 15) is 4.79 Å². The van der Waals surface area contributed by atoms with E-state index in [1.165, 1.54) is 6.08 Å². The number of hydrogen-bond donors (Lipinski definition) is 1. The highest BCUT2D eigenvalue weighted by Gasteiger charge is 2.09. The van der Waals surface area contributed by atoms with E-state index in [1.54, 1.807) is 30.1 Å². The average molecular weight is 307 g/mol. The Kier molecular flexibility index (Phi) is 4.65. The highest BCUT2D eigenvalue weighted by atomic mass is 35.5. The summed E-state index contributed by atoms with van der Waals surface area (Å²) in [4.78, 5) is 10.6. The van der Waals surface area contributed by atoms with Crippen molar-refractivity contribution in [1.82, 2.24) is 9.78 Å². The molecule has 1 heterocycles. The van der Waals surface area contributed by atoms with Gasteiger partial charge in [-0.2, -0.15) is 5.10 Å². The molecule has 0 atom stereocenters. The van der Waals surface area contributed by atoms with E-state index >= 15 is 0 Å². The van der Waals surface area contributed by atoms with Gasteiger partial charge in [0.25, 0.3) is 0 Å². The Labute approximate surface area is 127 Å². The molecule has 0 bridgehead atoms. The summed E-state index contributed by atoms with van der Waals surface area (Å²) in [7, 11) is 1.59. The van der Waals surface area contributed by atoms with E-state index in [0.717, 1.165) is 22.9 Å². The largest absolute Gasteiger partial charge is 0.496 e. The second-order valence-corrected chi connectivity index (χ2v) is 4.89. The van der Waals surface area contributed by atoms with Gasteiger partial charge in [0.15, 0.2) is 0 Å². The molecule has 6 heteroatoms. The van der Waals surface area contributed by atoms with Crippen molar-refractivity contribution in [3.05, 3.63) is 52.3 Å². The molecule has 1 N–H and O–H groups in total. The van der Waals surface area contributed by atoms with Crippen LogP contribution in [0.4, 0.5) is 0 Å². The Hall–Kier alpha value is -2.27. The van der Waals surface area contributed by atoms with Crippen LogP contribution in [0.25, 0.3) is 6.08 Å². The van der Waals surface area contributed by atoms with Gasteiger partial charge in [0.2, 0.25) is 0 Å². The average Bonchev–Trinajstić information content (AvgIpc) is 2.77. The van der Waals surface area contributed by atoms with Crippen molar-refractivity contribution in [1.29, 1.82) is 0 Å². The minimum atomic E-state index is -0.984. The maximum Gasteiger partial charge on any atom is 0.328 e. The SMILES string of the molecule is COc1ccc(C=CC(=O)O)cc1Cn1ncc(Cl)c1C. The molecule has 0 saturated carbocycles. The van der Waals surface area contributed by atoms with E-state index in [4.69, 9.17) is 21.4 Å². The number of nitrogens with zero attached hydrogens (tertiary/aromatic N) is 2. The predicted molar refractivity (Wildman–Crippen MR) is 80.7 cm³/mol. The van der Waals surface area contributed by atoms with E-state index in [0.29, 0.717) is 17.3 Å². The lowest BCUT2D eigenvalue weighted by Gasteiger charge is -2.11. The maximum atomic E-state index is 10.6. The molecule has 1 aromatic carbocycles. The molecule has 110 valence electrons. The van der Waals surface area contributed by atoms with Crippen molar-refractivity contribution in [2.45, 2.75) is 13.5 Å². The number of halogens is 1. The second kappa shape index (κ2) is 6.45. The molecule has 0 amide bonds. The number of carboxylic acids is 1. The number of ether oxygens (including phenoxy) is 1. The summed E-state index contributed by atoms with van der Waals surface area (Å²) >= 11 is 5.99. The van der Waals surface area contributed by atoms with E-state index in [1.807, 2.05) is 13.0 Å². The highest BCUT2D eigenvalue weighted by Crippen LogP contribution is 2.23. The zero-order valence-electron chi connectivity index (χ0n) is 11.7. The minimum Gasteiger partial charge on any atom is -0.496 e. The van der Waals surface area contributed by atoms with Crippen LogP contribution in [0.1, 0.15) is 16.8 Å². The van der Waals surface area contributed by atoms with Crippen LogP contribution in [0.3, 0.4) is 0 Å². The van der Waals surface area contributed by atoms with Crippen LogP contribution in [0, 0.1) is 6.92 Å². The molecular weight excluding hydrogens is 292 g/mol. The van der Waals surface area contributed by atoms with Crippen LogP contribution in [-0.2, 0) is 11.3 Å². The Balaban J connectivity index is 2.34. The third kappa shape index (κ3) is 3.64. The zero-order chi connectivity index (χ0) is 15.4. The van der Waals surface area contributed by atoms with Crippen LogP contribution < -0.4 is 4.74 Å². The van der Waals surface area contributed by atoms with Gasteiger partial charge in [0.05, 0.1) is 30.6 Å². The molecular formula is C15H15ClN2O3. The van der Waals surface area contributed by atoms with Crippen molar-refractivity contribution in [3.8, 4) is 5.75 Å². The Morgan fingerprint density at radius 2 is 2.29 bits per heavy atom. The second-order valence-electron chi connectivity index (χ2n) is 4.48. The number of aliphatic carboxylic acids is 1. The van der Waals surface area contributed by atoms with Crippen molar-refractivity contribution in [2.24, 2.45) is 0 Å². The van der Waals surface area contributed by atoms with Crippen molar-refractivity contribution < 1.29 is 14.6 Å². The van der Waals surface area contributed by atoms with Gasteiger partial charge in [-0.15, -0.1) is 0 Å². The molecule has 0 aliphatic heterocycles. The topological polar surface area (TPSA) is 64.3 Å². The monoisotopic (exact) mass is 306 g/mol. The fourth-order valence-electron chi connectivity index (χ4n) is 1.94. The zero-order valence-corrected chi connectivity index (χ0v) is 12.5. The Bertz CT molecular complexity index is 692. The number of rotatable bonds is 5. The molecule has 5 nitrogen and oxygen atoms in total. The normalized spacial score (nSPS) is 11.0. The summed E-state index contributed by atoms with van der Waals surface area (Å²) in [6.45, 7) is 2.38. The molecule has 0 aliphatic carbocycles. The van der Waals surface area contributed by atoms with Gasteiger partial charge in [-0.1, -0.05) is 17.7 Å². The summed E-state index contributed by atoms with van der Waals surface area (Å²) in [5.74, 6) is -0.268. The smallest absolute Gasteiger partial charge is 0.328 e. The first kappa shape index (κ1) is 15.1. The van der Waals surface area contributed by atoms with Crippen molar-refractivity contribution >= 4 is 23.6 Å². The van der Waals surface area contributed by atoms with Gasteiger partial charge in [0.1, 0.15) is 5.75 Å². The fourth-order valence-corrected chi connectivity index (χ4v) is 2.08. The van der Waals surface area contributed by atoms with E-state index < -0.39 is 5.97 Å². The fraction of sp³-hybridized carbons (Fsp3) is 0.200. The first-order valence-corrected chi connectivity index (χ1v) is 6.65. The molecule has 0 spiro atoms. The molecule has 2 aromatic rings. The number of carboxylic acid groups (broad SMARTS) is 1. The molecule has 0 unspecified atom stereocenters. The van der Waals surface area contributed by atoms with Crippen LogP contribution in [0.5, 0.6) is 5.75 Å². The van der Waals surface area contributed by atoms with Crippen LogP contribution >= 0.6 is 11.6 Å². The molecule has 0 saturated heterocycles. The summed E-state index contributed by atoms with van der Waals surface area (Å²) in [5, 5.41) is 13.5. The summed E-state index contributed by atoms with van der Waals surface area (Å²) in [6, 6.07) is 5.47. The number of methoxy groups -OCH3 is 1. The summed E-state index contributed by atoms with van der Waals surface area (Å²) < 4.78 is 7.10. The van der Waals surface area contributed by atoms with Crippen LogP contribution in [0.15, 0.2) is 30.5 Å². The van der Waals surface area contributed by atoms with E-state index in [2.05, 4.69) is 5.10 Å². The predicted octanol–water partition coefficient (Wildman–Crippen LogP) is 3.00. The van der Waals surface area contributed by atoms with Crippen molar-refractivity contribution in [3.63, 3.8) is 0 Å². The molecule has 0 fully saturated rings. The van der Waals surface area contributed by atoms with Gasteiger partial charge >= 0.3 is 5.97 Å². The molecule has 2 rings (SSSR count). The number of carbonyl (C=O) groups is 1. The van der Waals surface area contributed by atoms with Gasteiger partial charge in [-0.05, 0) is 30.7 Å². The van der Waals surface area contributed by atoms with Crippen LogP contribution in [0.2, 0.25) is 5.02 Å². The molecule has 1 aromatic heterocycles.